The monoisotopic (exact) mass is 279 g/mol. The van der Waals surface area contributed by atoms with E-state index in [4.69, 9.17) is 11.5 Å². The van der Waals surface area contributed by atoms with Gasteiger partial charge < -0.3 is 11.5 Å². The van der Waals surface area contributed by atoms with Gasteiger partial charge in [0, 0.05) is 41.8 Å². The summed E-state index contributed by atoms with van der Waals surface area (Å²) < 4.78 is 1.76. The SMILES string of the molecule is Cc1cc(N)ccc1-c1cc(-c2cnn(C)c2)cnc1N. The van der Waals surface area contributed by atoms with Crippen LogP contribution in [0.5, 0.6) is 0 Å². The van der Waals surface area contributed by atoms with Crippen molar-refractivity contribution in [2.24, 2.45) is 7.05 Å². The average molecular weight is 279 g/mol. The lowest BCUT2D eigenvalue weighted by Gasteiger charge is -2.10. The Morgan fingerprint density at radius 3 is 2.48 bits per heavy atom. The lowest BCUT2D eigenvalue weighted by atomic mass is 9.98. The van der Waals surface area contributed by atoms with Crippen LogP contribution >= 0.6 is 0 Å². The predicted molar refractivity (Wildman–Crippen MR) is 85.4 cm³/mol. The van der Waals surface area contributed by atoms with Gasteiger partial charge in [-0.1, -0.05) is 6.07 Å². The fourth-order valence-electron chi connectivity index (χ4n) is 2.41. The molecule has 0 fully saturated rings. The molecule has 0 unspecified atom stereocenters. The summed E-state index contributed by atoms with van der Waals surface area (Å²) in [7, 11) is 1.89. The summed E-state index contributed by atoms with van der Waals surface area (Å²) in [5.41, 5.74) is 17.6. The Hall–Kier alpha value is -2.82. The largest absolute Gasteiger partial charge is 0.399 e. The normalized spacial score (nSPS) is 10.8. The minimum Gasteiger partial charge on any atom is -0.399 e. The van der Waals surface area contributed by atoms with Crippen molar-refractivity contribution >= 4 is 11.5 Å². The van der Waals surface area contributed by atoms with Gasteiger partial charge in [-0.25, -0.2) is 4.98 Å². The first-order valence-electron chi connectivity index (χ1n) is 6.65. The van der Waals surface area contributed by atoms with Crippen molar-refractivity contribution < 1.29 is 0 Å². The molecule has 0 saturated heterocycles. The highest BCUT2D eigenvalue weighted by atomic mass is 15.2. The van der Waals surface area contributed by atoms with E-state index in [0.717, 1.165) is 33.5 Å². The van der Waals surface area contributed by atoms with Crippen LogP contribution in [0.1, 0.15) is 5.56 Å². The topological polar surface area (TPSA) is 82.8 Å². The number of rotatable bonds is 2. The highest BCUT2D eigenvalue weighted by Gasteiger charge is 2.10. The minimum absolute atomic E-state index is 0.510. The number of hydrogen-bond acceptors (Lipinski definition) is 4. The molecule has 5 heteroatoms. The predicted octanol–water partition coefficient (Wildman–Crippen LogP) is 2.62. The molecule has 5 nitrogen and oxygen atoms in total. The molecule has 3 aromatic rings. The molecular formula is C16H17N5. The molecule has 0 bridgehead atoms. The summed E-state index contributed by atoms with van der Waals surface area (Å²) in [4.78, 5) is 4.31. The Kier molecular flexibility index (Phi) is 3.10. The summed E-state index contributed by atoms with van der Waals surface area (Å²) in [6.45, 7) is 2.02. The zero-order valence-corrected chi connectivity index (χ0v) is 12.0. The number of anilines is 2. The fourth-order valence-corrected chi connectivity index (χ4v) is 2.41. The summed E-state index contributed by atoms with van der Waals surface area (Å²) in [5, 5.41) is 4.19. The Morgan fingerprint density at radius 1 is 1.00 bits per heavy atom. The van der Waals surface area contributed by atoms with Crippen molar-refractivity contribution in [2.75, 3.05) is 11.5 Å². The van der Waals surface area contributed by atoms with E-state index in [9.17, 15) is 0 Å². The van der Waals surface area contributed by atoms with Gasteiger partial charge >= 0.3 is 0 Å². The molecule has 3 rings (SSSR count). The van der Waals surface area contributed by atoms with Gasteiger partial charge in [0.15, 0.2) is 0 Å². The minimum atomic E-state index is 0.510. The highest BCUT2D eigenvalue weighted by Crippen LogP contribution is 2.32. The van der Waals surface area contributed by atoms with Crippen molar-refractivity contribution in [1.29, 1.82) is 0 Å². The van der Waals surface area contributed by atoms with Gasteiger partial charge in [0.2, 0.25) is 0 Å². The van der Waals surface area contributed by atoms with Crippen molar-refractivity contribution in [3.63, 3.8) is 0 Å². The van der Waals surface area contributed by atoms with Crippen LogP contribution in [-0.4, -0.2) is 14.8 Å². The zero-order chi connectivity index (χ0) is 15.0. The van der Waals surface area contributed by atoms with E-state index < -0.39 is 0 Å². The second-order valence-electron chi connectivity index (χ2n) is 5.13. The number of nitrogen functional groups attached to an aromatic ring is 2. The van der Waals surface area contributed by atoms with Crippen molar-refractivity contribution in [3.05, 3.63) is 48.4 Å². The quantitative estimate of drug-likeness (QED) is 0.706. The first-order valence-corrected chi connectivity index (χ1v) is 6.65. The van der Waals surface area contributed by atoms with Gasteiger partial charge in [-0.05, 0) is 36.2 Å². The molecule has 0 aliphatic rings. The maximum atomic E-state index is 6.05. The lowest BCUT2D eigenvalue weighted by molar-refractivity contribution is 0.768. The molecule has 1 aromatic carbocycles. The molecule has 0 spiro atoms. The van der Waals surface area contributed by atoms with E-state index >= 15 is 0 Å². The Balaban J connectivity index is 2.14. The molecule has 106 valence electrons. The molecular weight excluding hydrogens is 262 g/mol. The molecule has 0 amide bonds. The number of hydrogen-bond donors (Lipinski definition) is 2. The van der Waals surface area contributed by atoms with E-state index in [1.165, 1.54) is 0 Å². The molecule has 2 aromatic heterocycles. The van der Waals surface area contributed by atoms with Crippen LogP contribution in [0.3, 0.4) is 0 Å². The Labute approximate surface area is 123 Å². The van der Waals surface area contributed by atoms with Crippen molar-refractivity contribution in [2.45, 2.75) is 6.92 Å². The molecule has 4 N–H and O–H groups in total. The Bertz CT molecular complexity index is 804. The summed E-state index contributed by atoms with van der Waals surface area (Å²) in [6, 6.07) is 7.83. The zero-order valence-electron chi connectivity index (χ0n) is 12.0. The fraction of sp³-hybridized carbons (Fsp3) is 0.125. The first-order chi connectivity index (χ1) is 10.0. The van der Waals surface area contributed by atoms with Crippen LogP contribution in [0.15, 0.2) is 42.9 Å². The standard InChI is InChI=1S/C16H17N5/c1-10-5-13(17)3-4-14(10)15-6-11(7-19-16(15)18)12-8-20-21(2)9-12/h3-9H,17H2,1-2H3,(H2,18,19). The van der Waals surface area contributed by atoms with Crippen LogP contribution in [-0.2, 0) is 7.05 Å². The van der Waals surface area contributed by atoms with Crippen LogP contribution in [0.2, 0.25) is 0 Å². The van der Waals surface area contributed by atoms with E-state index in [2.05, 4.69) is 10.1 Å². The van der Waals surface area contributed by atoms with Gasteiger partial charge in [0.05, 0.1) is 6.20 Å². The third kappa shape index (κ3) is 2.45. The number of nitrogens with zero attached hydrogens (tertiary/aromatic N) is 3. The molecule has 0 radical (unpaired) electrons. The van der Waals surface area contributed by atoms with Crippen LogP contribution in [0.25, 0.3) is 22.3 Å². The first kappa shape index (κ1) is 13.2. The third-order valence-electron chi connectivity index (χ3n) is 3.50. The molecule has 2 heterocycles. The van der Waals surface area contributed by atoms with Crippen molar-refractivity contribution in [3.8, 4) is 22.3 Å². The van der Waals surface area contributed by atoms with Gasteiger partial charge in [0.25, 0.3) is 0 Å². The maximum absolute atomic E-state index is 6.05. The number of pyridine rings is 1. The molecule has 0 aliphatic carbocycles. The smallest absolute Gasteiger partial charge is 0.131 e. The number of aromatic nitrogens is 3. The highest BCUT2D eigenvalue weighted by molar-refractivity contribution is 5.81. The lowest BCUT2D eigenvalue weighted by Crippen LogP contribution is -1.97. The molecule has 0 saturated carbocycles. The van der Waals surface area contributed by atoms with Crippen LogP contribution < -0.4 is 11.5 Å². The Morgan fingerprint density at radius 2 is 1.81 bits per heavy atom. The maximum Gasteiger partial charge on any atom is 0.131 e. The number of benzene rings is 1. The van der Waals surface area contributed by atoms with E-state index in [1.807, 2.05) is 50.6 Å². The number of nitrogens with two attached hydrogens (primary N) is 2. The van der Waals surface area contributed by atoms with E-state index in [1.54, 1.807) is 10.9 Å². The second-order valence-corrected chi connectivity index (χ2v) is 5.13. The second kappa shape index (κ2) is 4.94. The molecule has 0 aliphatic heterocycles. The van der Waals surface area contributed by atoms with Crippen molar-refractivity contribution in [1.82, 2.24) is 14.8 Å². The third-order valence-corrected chi connectivity index (χ3v) is 3.50. The van der Waals surface area contributed by atoms with Gasteiger partial charge in [-0.2, -0.15) is 5.10 Å². The average Bonchev–Trinajstić information content (AvgIpc) is 2.87. The van der Waals surface area contributed by atoms with E-state index in [0.29, 0.717) is 5.82 Å². The van der Waals surface area contributed by atoms with Gasteiger partial charge in [-0.15, -0.1) is 0 Å². The summed E-state index contributed by atoms with van der Waals surface area (Å²) in [5.74, 6) is 0.510. The summed E-state index contributed by atoms with van der Waals surface area (Å²) >= 11 is 0. The van der Waals surface area contributed by atoms with Crippen LogP contribution in [0.4, 0.5) is 11.5 Å². The van der Waals surface area contributed by atoms with Gasteiger partial charge in [-0.3, -0.25) is 4.68 Å². The van der Waals surface area contributed by atoms with E-state index in [-0.39, 0.29) is 0 Å². The van der Waals surface area contributed by atoms with Gasteiger partial charge in [0.1, 0.15) is 5.82 Å². The molecule has 21 heavy (non-hydrogen) atoms. The summed E-state index contributed by atoms with van der Waals surface area (Å²) in [6.07, 6.45) is 5.53. The number of aryl methyl sites for hydroxylation is 2. The van der Waals surface area contributed by atoms with Crippen LogP contribution in [0, 0.1) is 6.92 Å². The molecule has 0 atom stereocenters.